The molecule has 1 fully saturated rings. The van der Waals surface area contributed by atoms with E-state index in [1.165, 1.54) is 12.8 Å². The number of benzene rings is 2. The number of hydrogen-bond donors (Lipinski definition) is 1. The number of carbonyl (C=O) groups is 1. The van der Waals surface area contributed by atoms with Gasteiger partial charge in [-0.2, -0.15) is 0 Å². The normalized spacial score (nSPS) is 13.6. The molecule has 1 aliphatic heterocycles. The summed E-state index contributed by atoms with van der Waals surface area (Å²) in [6.07, 6.45) is 4.10. The lowest BCUT2D eigenvalue weighted by Gasteiger charge is -2.21. The molecule has 24 heavy (non-hydrogen) atoms. The third-order valence-electron chi connectivity index (χ3n) is 4.08. The van der Waals surface area contributed by atoms with Crippen LogP contribution in [-0.2, 0) is 0 Å². The zero-order valence-electron chi connectivity index (χ0n) is 13.7. The van der Waals surface area contributed by atoms with E-state index in [1.807, 2.05) is 18.2 Å². The first-order valence-corrected chi connectivity index (χ1v) is 8.27. The van der Waals surface area contributed by atoms with Crippen LogP contribution in [0.5, 0.6) is 5.75 Å². The van der Waals surface area contributed by atoms with Crippen molar-refractivity contribution in [1.82, 2.24) is 0 Å². The fourth-order valence-electron chi connectivity index (χ4n) is 2.87. The summed E-state index contributed by atoms with van der Waals surface area (Å²) in [4.78, 5) is 14.8. The molecule has 0 aliphatic carbocycles. The van der Waals surface area contributed by atoms with Crippen molar-refractivity contribution in [2.24, 2.45) is 0 Å². The van der Waals surface area contributed by atoms with Crippen LogP contribution in [0.2, 0.25) is 0 Å². The quantitative estimate of drug-likeness (QED) is 0.814. The zero-order chi connectivity index (χ0) is 16.8. The molecule has 0 bridgehead atoms. The van der Waals surface area contributed by atoms with E-state index < -0.39 is 0 Å². The Bertz CT molecular complexity index is 704. The Morgan fingerprint density at radius 3 is 2.54 bits per heavy atom. The second-order valence-electron chi connectivity index (χ2n) is 5.79. The number of nitrogens with zero attached hydrogens (tertiary/aromatic N) is 1. The molecule has 2 aromatic carbocycles. The molecule has 1 N–H and O–H groups in total. The maximum atomic E-state index is 12.5. The molecule has 2 aromatic rings. The smallest absolute Gasteiger partial charge is 0.255 e. The van der Waals surface area contributed by atoms with Gasteiger partial charge in [0.05, 0.1) is 11.4 Å². The predicted molar refractivity (Wildman–Crippen MR) is 98.0 cm³/mol. The molecule has 0 radical (unpaired) electrons. The molecule has 1 amide bonds. The molecular weight excluding hydrogens is 300 g/mol. The lowest BCUT2D eigenvalue weighted by atomic mass is 10.2. The number of ether oxygens (including phenoxy) is 1. The Balaban J connectivity index is 1.71. The summed E-state index contributed by atoms with van der Waals surface area (Å²) in [5, 5.41) is 3.03. The van der Waals surface area contributed by atoms with Crippen molar-refractivity contribution >= 4 is 17.3 Å². The molecule has 1 saturated heterocycles. The number of para-hydroxylation sites is 2. The van der Waals surface area contributed by atoms with Gasteiger partial charge in [-0.3, -0.25) is 4.79 Å². The summed E-state index contributed by atoms with van der Waals surface area (Å²) in [5.41, 5.74) is 2.56. The highest BCUT2D eigenvalue weighted by Gasteiger charge is 2.17. The highest BCUT2D eigenvalue weighted by molar-refractivity contribution is 6.06. The standard InChI is InChI=1S/C20H22N2O2/c1-2-15-24-17-11-9-16(10-12-17)20(23)21-18-7-3-4-8-19(18)22-13-5-6-14-22/h2-4,7-12H,1,5-6,13-15H2,(H,21,23). The molecule has 3 rings (SSSR count). The fraction of sp³-hybridized carbons (Fsp3) is 0.250. The molecule has 4 nitrogen and oxygen atoms in total. The first-order valence-electron chi connectivity index (χ1n) is 8.27. The molecular formula is C20H22N2O2. The molecule has 0 unspecified atom stereocenters. The van der Waals surface area contributed by atoms with Crippen molar-refractivity contribution in [3.63, 3.8) is 0 Å². The number of amides is 1. The Kier molecular flexibility index (Phi) is 5.16. The third kappa shape index (κ3) is 3.77. The number of nitrogens with one attached hydrogen (secondary N) is 1. The second kappa shape index (κ2) is 7.68. The van der Waals surface area contributed by atoms with Gasteiger partial charge in [0.2, 0.25) is 0 Å². The van der Waals surface area contributed by atoms with Gasteiger partial charge in [0.1, 0.15) is 12.4 Å². The summed E-state index contributed by atoms with van der Waals surface area (Å²) in [6, 6.07) is 15.1. The largest absolute Gasteiger partial charge is 0.490 e. The highest BCUT2D eigenvalue weighted by atomic mass is 16.5. The molecule has 0 atom stereocenters. The van der Waals surface area contributed by atoms with Gasteiger partial charge < -0.3 is 15.0 Å². The van der Waals surface area contributed by atoms with E-state index in [-0.39, 0.29) is 5.91 Å². The van der Waals surface area contributed by atoms with Crippen molar-refractivity contribution in [2.45, 2.75) is 12.8 Å². The average Bonchev–Trinajstić information content (AvgIpc) is 3.15. The van der Waals surface area contributed by atoms with Gasteiger partial charge in [0.25, 0.3) is 5.91 Å². The van der Waals surface area contributed by atoms with Gasteiger partial charge in [-0.05, 0) is 49.2 Å². The average molecular weight is 322 g/mol. The van der Waals surface area contributed by atoms with Gasteiger partial charge in [-0.25, -0.2) is 0 Å². The molecule has 0 spiro atoms. The minimum Gasteiger partial charge on any atom is -0.490 e. The van der Waals surface area contributed by atoms with Crippen LogP contribution in [-0.4, -0.2) is 25.6 Å². The van der Waals surface area contributed by atoms with E-state index in [0.29, 0.717) is 12.2 Å². The maximum absolute atomic E-state index is 12.5. The maximum Gasteiger partial charge on any atom is 0.255 e. The molecule has 124 valence electrons. The van der Waals surface area contributed by atoms with Gasteiger partial charge >= 0.3 is 0 Å². The van der Waals surface area contributed by atoms with Gasteiger partial charge in [-0.15, -0.1) is 0 Å². The van der Waals surface area contributed by atoms with E-state index in [9.17, 15) is 4.79 Å². The summed E-state index contributed by atoms with van der Waals surface area (Å²) in [6.45, 7) is 6.16. The van der Waals surface area contributed by atoms with E-state index >= 15 is 0 Å². The van der Waals surface area contributed by atoms with Crippen molar-refractivity contribution in [3.8, 4) is 5.75 Å². The van der Waals surface area contributed by atoms with Gasteiger partial charge in [-0.1, -0.05) is 24.8 Å². The van der Waals surface area contributed by atoms with Crippen LogP contribution in [0.3, 0.4) is 0 Å². The summed E-state index contributed by atoms with van der Waals surface area (Å²) in [7, 11) is 0. The Hall–Kier alpha value is -2.75. The Morgan fingerprint density at radius 2 is 1.83 bits per heavy atom. The summed E-state index contributed by atoms with van der Waals surface area (Å²) in [5.74, 6) is 0.612. The van der Waals surface area contributed by atoms with Gasteiger partial charge in [0.15, 0.2) is 0 Å². The number of carbonyl (C=O) groups excluding carboxylic acids is 1. The minimum atomic E-state index is -0.114. The second-order valence-corrected chi connectivity index (χ2v) is 5.79. The zero-order valence-corrected chi connectivity index (χ0v) is 13.7. The van der Waals surface area contributed by atoms with E-state index in [4.69, 9.17) is 4.74 Å². The van der Waals surface area contributed by atoms with Crippen LogP contribution in [0.25, 0.3) is 0 Å². The van der Waals surface area contributed by atoms with Crippen molar-refractivity contribution in [1.29, 1.82) is 0 Å². The molecule has 1 heterocycles. The first kappa shape index (κ1) is 16.1. The topological polar surface area (TPSA) is 41.6 Å². The van der Waals surface area contributed by atoms with E-state index in [1.54, 1.807) is 30.3 Å². The van der Waals surface area contributed by atoms with Crippen molar-refractivity contribution < 1.29 is 9.53 Å². The SMILES string of the molecule is C=CCOc1ccc(C(=O)Nc2ccccc2N2CCCC2)cc1. The van der Waals surface area contributed by atoms with Crippen LogP contribution in [0.15, 0.2) is 61.2 Å². The van der Waals surface area contributed by atoms with Crippen LogP contribution in [0.1, 0.15) is 23.2 Å². The molecule has 0 saturated carbocycles. The minimum absolute atomic E-state index is 0.114. The predicted octanol–water partition coefficient (Wildman–Crippen LogP) is 4.10. The fourth-order valence-corrected chi connectivity index (χ4v) is 2.87. The Labute approximate surface area is 142 Å². The van der Waals surface area contributed by atoms with Crippen molar-refractivity contribution in [2.75, 3.05) is 29.9 Å². The van der Waals surface area contributed by atoms with Crippen LogP contribution in [0.4, 0.5) is 11.4 Å². The van der Waals surface area contributed by atoms with E-state index in [0.717, 1.165) is 30.2 Å². The Morgan fingerprint density at radius 1 is 1.12 bits per heavy atom. The summed E-state index contributed by atoms with van der Waals surface area (Å²) >= 11 is 0. The lowest BCUT2D eigenvalue weighted by molar-refractivity contribution is 0.102. The highest BCUT2D eigenvalue weighted by Crippen LogP contribution is 2.29. The third-order valence-corrected chi connectivity index (χ3v) is 4.08. The molecule has 1 aliphatic rings. The van der Waals surface area contributed by atoms with Crippen molar-refractivity contribution in [3.05, 3.63) is 66.7 Å². The van der Waals surface area contributed by atoms with Crippen LogP contribution < -0.4 is 15.0 Å². The lowest BCUT2D eigenvalue weighted by Crippen LogP contribution is -2.21. The number of rotatable bonds is 6. The van der Waals surface area contributed by atoms with E-state index in [2.05, 4.69) is 22.9 Å². The number of hydrogen-bond acceptors (Lipinski definition) is 3. The molecule has 0 aromatic heterocycles. The number of anilines is 2. The van der Waals surface area contributed by atoms with Crippen LogP contribution in [0, 0.1) is 0 Å². The van der Waals surface area contributed by atoms with Crippen LogP contribution >= 0.6 is 0 Å². The summed E-state index contributed by atoms with van der Waals surface area (Å²) < 4.78 is 5.44. The monoisotopic (exact) mass is 322 g/mol. The molecule has 4 heteroatoms. The van der Waals surface area contributed by atoms with Gasteiger partial charge in [0, 0.05) is 18.7 Å². The first-order chi connectivity index (χ1) is 11.8.